The quantitative estimate of drug-likeness (QED) is 0.675. The molecule has 1 aromatic rings. The topological polar surface area (TPSA) is 29.5 Å². The molecule has 2 unspecified atom stereocenters. The largest absolute Gasteiger partial charge is 0.491 e. The van der Waals surface area contributed by atoms with E-state index in [0.29, 0.717) is 0 Å². The Hall–Kier alpha value is -0.790. The molecule has 0 aromatic heterocycles. The van der Waals surface area contributed by atoms with Gasteiger partial charge in [0.25, 0.3) is 0 Å². The average Bonchev–Trinajstić information content (AvgIpc) is 2.45. The molecule has 110 valence electrons. The Morgan fingerprint density at radius 2 is 1.75 bits per heavy atom. The maximum absolute atomic E-state index is 12.8. The number of alkyl halides is 3. The molecule has 0 amide bonds. The predicted octanol–water partition coefficient (Wildman–Crippen LogP) is 3.76. The fourth-order valence-corrected chi connectivity index (χ4v) is 4.00. The van der Waals surface area contributed by atoms with Crippen LogP contribution in [0.3, 0.4) is 0 Å². The second-order valence-corrected chi connectivity index (χ2v) is 6.89. The van der Waals surface area contributed by atoms with E-state index >= 15 is 0 Å². The van der Waals surface area contributed by atoms with Crippen LogP contribution in [0.15, 0.2) is 36.4 Å². The van der Waals surface area contributed by atoms with E-state index in [1.165, 1.54) is 39.8 Å². The minimum atomic E-state index is -4.41. The fourth-order valence-electron chi connectivity index (χ4n) is 1.63. The first kappa shape index (κ1) is 15.6. The molecule has 0 saturated carbocycles. The van der Waals surface area contributed by atoms with Gasteiger partial charge in [0.15, 0.2) is 0 Å². The first-order valence-electron chi connectivity index (χ1n) is 5.91. The fraction of sp³-hybridized carbons (Fsp3) is 0.385. The Labute approximate surface area is 122 Å². The smallest absolute Gasteiger partial charge is 0.419 e. The van der Waals surface area contributed by atoms with E-state index in [2.05, 4.69) is 0 Å². The zero-order valence-electron chi connectivity index (χ0n) is 10.3. The van der Waals surface area contributed by atoms with Crippen LogP contribution in [0.5, 0.6) is 5.75 Å². The lowest BCUT2D eigenvalue weighted by molar-refractivity contribution is -0.138. The van der Waals surface area contributed by atoms with E-state index in [1.54, 1.807) is 0 Å². The molecule has 2 rings (SSSR count). The highest BCUT2D eigenvalue weighted by Gasteiger charge is 2.34. The summed E-state index contributed by atoms with van der Waals surface area (Å²) in [6.45, 7) is 0.220. The minimum absolute atomic E-state index is 0.0240. The van der Waals surface area contributed by atoms with E-state index in [-0.39, 0.29) is 29.5 Å². The lowest BCUT2D eigenvalue weighted by atomic mass is 10.2. The van der Waals surface area contributed by atoms with Crippen molar-refractivity contribution in [2.24, 2.45) is 0 Å². The Morgan fingerprint density at radius 3 is 2.35 bits per heavy atom. The van der Waals surface area contributed by atoms with Crippen molar-refractivity contribution in [1.29, 1.82) is 0 Å². The Morgan fingerprint density at radius 1 is 1.10 bits per heavy atom. The molecule has 1 aliphatic heterocycles. The van der Waals surface area contributed by atoms with Gasteiger partial charge in [-0.25, -0.2) is 0 Å². The van der Waals surface area contributed by atoms with Gasteiger partial charge in [-0.3, -0.25) is 0 Å². The molecule has 0 fully saturated rings. The van der Waals surface area contributed by atoms with E-state index in [0.717, 1.165) is 6.07 Å². The van der Waals surface area contributed by atoms with Gasteiger partial charge in [-0.05, 0) is 12.1 Å². The zero-order valence-corrected chi connectivity index (χ0v) is 12.0. The number of aliphatic hydroxyl groups excluding tert-OH is 1. The molecule has 1 heterocycles. The summed E-state index contributed by atoms with van der Waals surface area (Å²) in [5.41, 5.74) is -0.759. The van der Waals surface area contributed by atoms with Crippen molar-refractivity contribution in [3.05, 3.63) is 42.0 Å². The number of hydrogen-bond acceptors (Lipinski definition) is 4. The van der Waals surface area contributed by atoms with Crippen molar-refractivity contribution in [3.8, 4) is 5.75 Å². The lowest BCUT2D eigenvalue weighted by Crippen LogP contribution is -2.18. The molecule has 0 bridgehead atoms. The molecule has 2 nitrogen and oxygen atoms in total. The number of halogens is 3. The summed E-state index contributed by atoms with van der Waals surface area (Å²) >= 11 is 0. The Kier molecular flexibility index (Phi) is 5.29. The molecule has 1 aliphatic rings. The number of ether oxygens (including phenoxy) is 1. The molecule has 7 heteroatoms. The summed E-state index contributed by atoms with van der Waals surface area (Å²) in [6.07, 6.45) is -0.702. The average molecular weight is 322 g/mol. The zero-order chi connectivity index (χ0) is 14.6. The second-order valence-electron chi connectivity index (χ2n) is 4.14. The molecule has 0 saturated heterocycles. The molecule has 20 heavy (non-hydrogen) atoms. The van der Waals surface area contributed by atoms with Crippen LogP contribution < -0.4 is 4.74 Å². The normalized spacial score (nSPS) is 22.8. The molecular weight excluding hydrogens is 309 g/mol. The van der Waals surface area contributed by atoms with Crippen molar-refractivity contribution < 1.29 is 23.0 Å². The van der Waals surface area contributed by atoms with E-state index in [1.807, 2.05) is 12.2 Å². The van der Waals surface area contributed by atoms with Gasteiger partial charge in [0, 0.05) is 0 Å². The summed E-state index contributed by atoms with van der Waals surface area (Å²) in [5.74, 6) is -0.150. The Bertz CT molecular complexity index is 477. The highest BCUT2D eigenvalue weighted by atomic mass is 33.1. The van der Waals surface area contributed by atoms with Crippen LogP contribution in [0.1, 0.15) is 5.56 Å². The first-order chi connectivity index (χ1) is 9.50. The van der Waals surface area contributed by atoms with Gasteiger partial charge in [0.05, 0.1) is 22.7 Å². The summed E-state index contributed by atoms with van der Waals surface area (Å²) in [5, 5.41) is 8.99. The van der Waals surface area contributed by atoms with Gasteiger partial charge in [0.2, 0.25) is 0 Å². The predicted molar refractivity (Wildman–Crippen MR) is 75.9 cm³/mol. The van der Waals surface area contributed by atoms with Crippen molar-refractivity contribution in [2.75, 3.05) is 13.2 Å². The standard InChI is InChI=1S/C13H13F3O2S2/c14-13(15,16)11-3-1-2-4-12(11)18-8-10-6-5-9(7-17)19-20-10/h1-6,9-10,17H,7-8H2. The molecule has 1 N–H and O–H groups in total. The summed E-state index contributed by atoms with van der Waals surface area (Å²) in [6, 6.07) is 5.19. The number of rotatable bonds is 4. The number of hydrogen-bond donors (Lipinski definition) is 1. The van der Waals surface area contributed by atoms with Crippen molar-refractivity contribution in [3.63, 3.8) is 0 Å². The van der Waals surface area contributed by atoms with Gasteiger partial charge < -0.3 is 9.84 Å². The van der Waals surface area contributed by atoms with Gasteiger partial charge in [-0.15, -0.1) is 0 Å². The van der Waals surface area contributed by atoms with Crippen LogP contribution in [-0.2, 0) is 6.18 Å². The van der Waals surface area contributed by atoms with E-state index in [4.69, 9.17) is 9.84 Å². The van der Waals surface area contributed by atoms with Crippen LogP contribution in [0.4, 0.5) is 13.2 Å². The van der Waals surface area contributed by atoms with Crippen LogP contribution >= 0.6 is 21.6 Å². The molecule has 0 aliphatic carbocycles. The number of para-hydroxylation sites is 1. The SMILES string of the molecule is OCC1C=CC(COc2ccccc2C(F)(F)F)SS1. The van der Waals surface area contributed by atoms with Crippen LogP contribution in [-0.4, -0.2) is 28.8 Å². The maximum atomic E-state index is 12.8. The van der Waals surface area contributed by atoms with Gasteiger partial charge in [0.1, 0.15) is 12.4 Å². The van der Waals surface area contributed by atoms with E-state index < -0.39 is 11.7 Å². The van der Waals surface area contributed by atoms with Gasteiger partial charge in [-0.1, -0.05) is 45.9 Å². The monoisotopic (exact) mass is 322 g/mol. The third-order valence-corrected chi connectivity index (χ3v) is 5.64. The first-order valence-corrected chi connectivity index (χ1v) is 8.18. The molecular formula is C13H13F3O2S2. The molecule has 0 spiro atoms. The van der Waals surface area contributed by atoms with Crippen LogP contribution in [0.25, 0.3) is 0 Å². The summed E-state index contributed by atoms with van der Waals surface area (Å²) < 4.78 is 43.6. The van der Waals surface area contributed by atoms with Crippen molar-refractivity contribution in [1.82, 2.24) is 0 Å². The minimum Gasteiger partial charge on any atom is -0.491 e. The summed E-state index contributed by atoms with van der Waals surface area (Å²) in [4.78, 5) is 0. The molecule has 2 atom stereocenters. The highest BCUT2D eigenvalue weighted by molar-refractivity contribution is 8.77. The van der Waals surface area contributed by atoms with Crippen LogP contribution in [0, 0.1) is 0 Å². The van der Waals surface area contributed by atoms with Gasteiger partial charge >= 0.3 is 6.18 Å². The third kappa shape index (κ3) is 4.10. The number of aliphatic hydroxyl groups is 1. The number of benzene rings is 1. The van der Waals surface area contributed by atoms with Crippen molar-refractivity contribution >= 4 is 21.6 Å². The van der Waals surface area contributed by atoms with Crippen LogP contribution in [0.2, 0.25) is 0 Å². The van der Waals surface area contributed by atoms with Crippen molar-refractivity contribution in [2.45, 2.75) is 16.7 Å². The highest BCUT2D eigenvalue weighted by Crippen LogP contribution is 2.39. The molecule has 0 radical (unpaired) electrons. The molecule has 1 aromatic carbocycles. The summed E-state index contributed by atoms with van der Waals surface area (Å²) in [7, 11) is 2.99. The Balaban J connectivity index is 1.98. The lowest BCUT2D eigenvalue weighted by Gasteiger charge is -2.21. The second kappa shape index (κ2) is 6.78. The third-order valence-electron chi connectivity index (χ3n) is 2.62. The maximum Gasteiger partial charge on any atom is 0.419 e. The van der Waals surface area contributed by atoms with Gasteiger partial charge in [-0.2, -0.15) is 13.2 Å². The van der Waals surface area contributed by atoms with E-state index in [9.17, 15) is 13.2 Å².